The van der Waals surface area contributed by atoms with Crippen LogP contribution in [0.4, 0.5) is 5.69 Å². The molecule has 1 heterocycles. The van der Waals surface area contributed by atoms with Crippen molar-refractivity contribution in [1.82, 2.24) is 9.62 Å². The molecule has 4 rings (SSSR count). The number of benzene rings is 2. The van der Waals surface area contributed by atoms with Gasteiger partial charge in [0.05, 0.1) is 28.2 Å². The van der Waals surface area contributed by atoms with Gasteiger partial charge in [0.1, 0.15) is 5.75 Å². The Kier molecular flexibility index (Phi) is 6.35. The minimum atomic E-state index is -3.68. The van der Waals surface area contributed by atoms with Gasteiger partial charge in [0, 0.05) is 31.9 Å². The van der Waals surface area contributed by atoms with Crippen molar-refractivity contribution < 1.29 is 17.9 Å². The molecule has 1 aliphatic carbocycles. The van der Waals surface area contributed by atoms with Gasteiger partial charge in [-0.1, -0.05) is 0 Å². The highest BCUT2D eigenvalue weighted by atomic mass is 32.2. The molecule has 0 radical (unpaired) electrons. The second-order valence-electron chi connectivity index (χ2n) is 7.97. The number of amides is 1. The van der Waals surface area contributed by atoms with Crippen LogP contribution in [0.5, 0.6) is 5.75 Å². The molecule has 1 saturated heterocycles. The quantitative estimate of drug-likeness (QED) is 0.719. The average Bonchev–Trinajstić information content (AvgIpc) is 2.81. The van der Waals surface area contributed by atoms with Gasteiger partial charge in [-0.05, 0) is 68.8 Å². The van der Waals surface area contributed by atoms with E-state index in [1.54, 1.807) is 23.1 Å². The Hall–Kier alpha value is -3.09. The van der Waals surface area contributed by atoms with E-state index in [-0.39, 0.29) is 22.5 Å². The molecule has 2 aromatic rings. The Labute approximate surface area is 188 Å². The number of rotatable bonds is 6. The normalized spacial score (nSPS) is 16.9. The number of hydrogen-bond acceptors (Lipinski definition) is 6. The number of nitriles is 1. The summed E-state index contributed by atoms with van der Waals surface area (Å²) in [6, 6.07) is 14.0. The summed E-state index contributed by atoms with van der Waals surface area (Å²) >= 11 is 0. The van der Waals surface area contributed by atoms with Gasteiger partial charge in [-0.2, -0.15) is 5.26 Å². The van der Waals surface area contributed by atoms with Crippen LogP contribution < -0.4 is 14.4 Å². The maximum absolute atomic E-state index is 13.4. The molecule has 1 saturated carbocycles. The van der Waals surface area contributed by atoms with E-state index in [2.05, 4.69) is 15.7 Å². The third-order valence-corrected chi connectivity index (χ3v) is 7.45. The Morgan fingerprint density at radius 1 is 1.09 bits per heavy atom. The molecule has 2 aromatic carbocycles. The first-order valence-electron chi connectivity index (χ1n) is 10.7. The molecule has 1 amide bonds. The first-order valence-corrected chi connectivity index (χ1v) is 12.2. The van der Waals surface area contributed by atoms with Crippen molar-refractivity contribution in [2.24, 2.45) is 0 Å². The van der Waals surface area contributed by atoms with E-state index in [1.165, 1.54) is 19.2 Å². The van der Waals surface area contributed by atoms with Crippen molar-refractivity contribution in [3.8, 4) is 11.8 Å². The summed E-state index contributed by atoms with van der Waals surface area (Å²) in [7, 11) is -2.33. The fraction of sp³-hybridized carbons (Fsp3) is 0.391. The number of nitrogens with one attached hydrogen (secondary N) is 1. The van der Waals surface area contributed by atoms with E-state index >= 15 is 0 Å². The summed E-state index contributed by atoms with van der Waals surface area (Å²) in [5.74, 6) is 0.205. The maximum atomic E-state index is 13.4. The van der Waals surface area contributed by atoms with Gasteiger partial charge >= 0.3 is 0 Å². The monoisotopic (exact) mass is 454 g/mol. The zero-order valence-electron chi connectivity index (χ0n) is 18.0. The summed E-state index contributed by atoms with van der Waals surface area (Å²) in [5.41, 5.74) is 1.89. The second-order valence-corrected chi connectivity index (χ2v) is 9.86. The fourth-order valence-electron chi connectivity index (χ4n) is 3.82. The van der Waals surface area contributed by atoms with Crippen LogP contribution >= 0.6 is 0 Å². The fourth-order valence-corrected chi connectivity index (χ4v) is 4.57. The smallest absolute Gasteiger partial charge is 0.257 e. The number of sulfonamides is 1. The first-order chi connectivity index (χ1) is 15.4. The molecule has 0 bridgehead atoms. The molecule has 2 fully saturated rings. The number of anilines is 1. The van der Waals surface area contributed by atoms with Crippen molar-refractivity contribution in [1.29, 1.82) is 5.26 Å². The lowest BCUT2D eigenvalue weighted by Crippen LogP contribution is -2.49. The molecule has 32 heavy (non-hydrogen) atoms. The summed E-state index contributed by atoms with van der Waals surface area (Å²) in [6.45, 7) is 2.30. The zero-order valence-corrected chi connectivity index (χ0v) is 18.8. The molecule has 0 unspecified atom stereocenters. The summed E-state index contributed by atoms with van der Waals surface area (Å²) in [5, 5.41) is 8.97. The van der Waals surface area contributed by atoms with E-state index in [1.807, 2.05) is 12.1 Å². The lowest BCUT2D eigenvalue weighted by molar-refractivity contribution is 0.0728. The van der Waals surface area contributed by atoms with Crippen molar-refractivity contribution in [2.45, 2.75) is 30.3 Å². The summed E-state index contributed by atoms with van der Waals surface area (Å²) in [6.07, 6.45) is 3.04. The van der Waals surface area contributed by atoms with Gasteiger partial charge in [-0.15, -0.1) is 0 Å². The second kappa shape index (κ2) is 9.18. The van der Waals surface area contributed by atoms with E-state index in [4.69, 9.17) is 10.00 Å². The zero-order chi connectivity index (χ0) is 22.7. The molecule has 0 spiro atoms. The number of carbonyl (C=O) groups is 1. The summed E-state index contributed by atoms with van der Waals surface area (Å²) in [4.78, 5) is 17.3. The van der Waals surface area contributed by atoms with E-state index in [0.29, 0.717) is 37.5 Å². The van der Waals surface area contributed by atoms with E-state index in [9.17, 15) is 13.2 Å². The Bertz CT molecular complexity index is 1130. The maximum Gasteiger partial charge on any atom is 0.257 e. The third kappa shape index (κ3) is 4.56. The van der Waals surface area contributed by atoms with Crippen molar-refractivity contribution in [2.75, 3.05) is 38.1 Å². The number of carbonyl (C=O) groups excluding carboxylic acids is 1. The van der Waals surface area contributed by atoms with Gasteiger partial charge < -0.3 is 14.5 Å². The number of ether oxygens (including phenoxy) is 1. The van der Waals surface area contributed by atoms with Crippen LogP contribution in [-0.2, 0) is 10.0 Å². The highest BCUT2D eigenvalue weighted by Crippen LogP contribution is 2.30. The van der Waals surface area contributed by atoms with Gasteiger partial charge in [0.25, 0.3) is 5.91 Å². The molecule has 0 atom stereocenters. The van der Waals surface area contributed by atoms with Crippen LogP contribution in [0.15, 0.2) is 47.4 Å². The van der Waals surface area contributed by atoms with Gasteiger partial charge in [0.2, 0.25) is 10.0 Å². The highest BCUT2D eigenvalue weighted by Gasteiger charge is 2.28. The molecule has 0 aromatic heterocycles. The molecule has 168 valence electrons. The van der Waals surface area contributed by atoms with Crippen LogP contribution in [0, 0.1) is 11.3 Å². The minimum Gasteiger partial charge on any atom is -0.490 e. The van der Waals surface area contributed by atoms with Crippen molar-refractivity contribution in [3.63, 3.8) is 0 Å². The largest absolute Gasteiger partial charge is 0.490 e. The van der Waals surface area contributed by atoms with Crippen molar-refractivity contribution >= 4 is 21.6 Å². The minimum absolute atomic E-state index is 0.0422. The molecule has 1 N–H and O–H groups in total. The first kappa shape index (κ1) is 22.1. The number of hydrogen-bond donors (Lipinski definition) is 1. The van der Waals surface area contributed by atoms with Gasteiger partial charge in [-0.3, -0.25) is 4.79 Å². The third-order valence-electron chi connectivity index (χ3n) is 6.03. The predicted octanol–water partition coefficient (Wildman–Crippen LogP) is 2.36. The van der Waals surface area contributed by atoms with Crippen LogP contribution in [0.25, 0.3) is 0 Å². The van der Waals surface area contributed by atoms with E-state index < -0.39 is 10.0 Å². The van der Waals surface area contributed by atoms with Crippen LogP contribution in [-0.4, -0.2) is 58.6 Å². The topological polar surface area (TPSA) is 103 Å². The Morgan fingerprint density at radius 3 is 2.34 bits per heavy atom. The standard InChI is InChI=1S/C23H26N4O4S/c1-25-32(29,30)20-9-10-22(31-19-3-2-4-19)21(15-20)23(28)27-13-11-26(12-14-27)18-7-5-17(16-24)6-8-18/h5-10,15,19,25H,2-4,11-14H2,1H3. The van der Waals surface area contributed by atoms with Crippen LogP contribution in [0.3, 0.4) is 0 Å². The lowest BCUT2D eigenvalue weighted by Gasteiger charge is -2.36. The van der Waals surface area contributed by atoms with Crippen LogP contribution in [0.2, 0.25) is 0 Å². The predicted molar refractivity (Wildman–Crippen MR) is 120 cm³/mol. The lowest BCUT2D eigenvalue weighted by atomic mass is 9.96. The summed E-state index contributed by atoms with van der Waals surface area (Å²) < 4.78 is 32.9. The Balaban J connectivity index is 1.52. The molecule has 9 heteroatoms. The SMILES string of the molecule is CNS(=O)(=O)c1ccc(OC2CCC2)c(C(=O)N2CCN(c3ccc(C#N)cc3)CC2)c1. The number of nitrogens with zero attached hydrogens (tertiary/aromatic N) is 3. The van der Waals surface area contributed by atoms with Crippen molar-refractivity contribution in [3.05, 3.63) is 53.6 Å². The Morgan fingerprint density at radius 2 is 1.78 bits per heavy atom. The molecule has 8 nitrogen and oxygen atoms in total. The molecule has 1 aliphatic heterocycles. The number of piperazine rings is 1. The molecule has 2 aliphatic rings. The van der Waals surface area contributed by atoms with Gasteiger partial charge in [0.15, 0.2) is 0 Å². The van der Waals surface area contributed by atoms with E-state index in [0.717, 1.165) is 24.9 Å². The molecular formula is C23H26N4O4S. The molecular weight excluding hydrogens is 428 g/mol. The highest BCUT2D eigenvalue weighted by molar-refractivity contribution is 7.89. The average molecular weight is 455 g/mol. The van der Waals surface area contributed by atoms with Gasteiger partial charge in [-0.25, -0.2) is 13.1 Å². The van der Waals surface area contributed by atoms with Crippen LogP contribution in [0.1, 0.15) is 35.2 Å².